The van der Waals surface area contributed by atoms with E-state index in [1.54, 1.807) is 0 Å². The zero-order chi connectivity index (χ0) is 17.2. The maximum Gasteiger partial charge on any atom is 0.225 e. The van der Waals surface area contributed by atoms with E-state index in [0.717, 1.165) is 44.9 Å². The van der Waals surface area contributed by atoms with Crippen LogP contribution in [0.15, 0.2) is 4.99 Å². The fraction of sp³-hybridized carbons (Fsp3) is 0.889. The fourth-order valence-electron chi connectivity index (χ4n) is 3.65. The molecule has 0 spiro atoms. The molecule has 2 N–H and O–H groups in total. The third-order valence-electron chi connectivity index (χ3n) is 5.09. The van der Waals surface area contributed by atoms with E-state index in [1.165, 1.54) is 37.9 Å². The summed E-state index contributed by atoms with van der Waals surface area (Å²) in [5.41, 5.74) is 0. The molecule has 1 aliphatic heterocycles. The van der Waals surface area contributed by atoms with Crippen LogP contribution >= 0.6 is 11.8 Å². The van der Waals surface area contributed by atoms with Crippen LogP contribution in [0.25, 0.3) is 0 Å². The molecule has 0 radical (unpaired) electrons. The highest BCUT2D eigenvalue weighted by Crippen LogP contribution is 2.26. The van der Waals surface area contributed by atoms with E-state index in [4.69, 9.17) is 0 Å². The number of carbonyl (C=O) groups is 1. The lowest BCUT2D eigenvalue weighted by atomic mass is 9.88. The average Bonchev–Trinajstić information content (AvgIpc) is 3.09. The van der Waals surface area contributed by atoms with Gasteiger partial charge in [0.15, 0.2) is 5.96 Å². The average molecular weight is 355 g/mol. The van der Waals surface area contributed by atoms with Crippen molar-refractivity contribution in [2.45, 2.75) is 57.4 Å². The molecule has 2 fully saturated rings. The van der Waals surface area contributed by atoms with Crippen LogP contribution in [0.4, 0.5) is 0 Å². The van der Waals surface area contributed by atoms with Crippen molar-refractivity contribution in [3.05, 3.63) is 0 Å². The van der Waals surface area contributed by atoms with E-state index in [1.807, 2.05) is 18.8 Å². The van der Waals surface area contributed by atoms with Crippen molar-refractivity contribution in [2.24, 2.45) is 10.9 Å². The van der Waals surface area contributed by atoms with Crippen molar-refractivity contribution >= 4 is 23.6 Å². The van der Waals surface area contributed by atoms with E-state index in [9.17, 15) is 4.79 Å². The number of guanidine groups is 1. The van der Waals surface area contributed by atoms with Gasteiger partial charge >= 0.3 is 0 Å². The third-order valence-corrected chi connectivity index (χ3v) is 5.78. The lowest BCUT2D eigenvalue weighted by Gasteiger charge is -2.26. The fourth-order valence-corrected chi connectivity index (χ4v) is 4.14. The number of amides is 1. The van der Waals surface area contributed by atoms with Crippen molar-refractivity contribution in [3.63, 3.8) is 0 Å². The van der Waals surface area contributed by atoms with Gasteiger partial charge in [-0.25, -0.2) is 0 Å². The molecule has 1 heterocycles. The topological polar surface area (TPSA) is 56.7 Å². The number of thioether (sulfide) groups is 1. The normalized spacial score (nSPS) is 22.7. The summed E-state index contributed by atoms with van der Waals surface area (Å²) in [6.45, 7) is 2.66. The highest BCUT2D eigenvalue weighted by atomic mass is 32.2. The molecule has 24 heavy (non-hydrogen) atoms. The smallest absolute Gasteiger partial charge is 0.225 e. The Hall–Kier alpha value is -0.910. The maximum atomic E-state index is 12.6. The Kier molecular flexibility index (Phi) is 8.78. The van der Waals surface area contributed by atoms with Gasteiger partial charge in [-0.1, -0.05) is 19.3 Å². The first-order valence-electron chi connectivity index (χ1n) is 9.49. The van der Waals surface area contributed by atoms with Crippen molar-refractivity contribution in [1.29, 1.82) is 0 Å². The predicted molar refractivity (Wildman–Crippen MR) is 104 cm³/mol. The van der Waals surface area contributed by atoms with E-state index < -0.39 is 0 Å². The van der Waals surface area contributed by atoms with Gasteiger partial charge in [-0.05, 0) is 44.1 Å². The Bertz CT molecular complexity index is 410. The Balaban J connectivity index is 1.68. The molecular weight excluding hydrogens is 320 g/mol. The summed E-state index contributed by atoms with van der Waals surface area (Å²) in [6, 6.07) is 0.329. The standard InChI is InChI=1S/C18H34N4OS/c1-19-18(20-11-6-7-13-24-2)21-16-10-12-22(14-16)17(23)15-8-4-3-5-9-15/h15-16H,3-14H2,1-2H3,(H2,19,20,21). The molecule has 5 nitrogen and oxygen atoms in total. The molecule has 0 aromatic rings. The van der Waals surface area contributed by atoms with Gasteiger partial charge in [0.2, 0.25) is 5.91 Å². The van der Waals surface area contributed by atoms with Crippen molar-refractivity contribution < 1.29 is 4.79 Å². The number of nitrogens with one attached hydrogen (secondary N) is 2. The van der Waals surface area contributed by atoms with E-state index in [-0.39, 0.29) is 5.92 Å². The molecule has 6 heteroatoms. The highest BCUT2D eigenvalue weighted by molar-refractivity contribution is 7.98. The largest absolute Gasteiger partial charge is 0.356 e. The summed E-state index contributed by atoms with van der Waals surface area (Å²) in [4.78, 5) is 19.0. The van der Waals surface area contributed by atoms with Crippen molar-refractivity contribution in [1.82, 2.24) is 15.5 Å². The molecular formula is C18H34N4OS. The van der Waals surface area contributed by atoms with E-state index in [2.05, 4.69) is 26.8 Å². The van der Waals surface area contributed by atoms with E-state index >= 15 is 0 Å². The lowest BCUT2D eigenvalue weighted by molar-refractivity contribution is -0.135. The Morgan fingerprint density at radius 2 is 2.00 bits per heavy atom. The van der Waals surface area contributed by atoms with Gasteiger partial charge in [-0.2, -0.15) is 11.8 Å². The van der Waals surface area contributed by atoms with Gasteiger partial charge < -0.3 is 15.5 Å². The summed E-state index contributed by atoms with van der Waals surface area (Å²) < 4.78 is 0. The molecule has 1 aliphatic carbocycles. The van der Waals surface area contributed by atoms with E-state index in [0.29, 0.717) is 11.9 Å². The van der Waals surface area contributed by atoms with Gasteiger partial charge in [0, 0.05) is 38.6 Å². The molecule has 1 unspecified atom stereocenters. The molecule has 0 bridgehead atoms. The maximum absolute atomic E-state index is 12.6. The minimum atomic E-state index is 0.284. The molecule has 138 valence electrons. The second kappa shape index (κ2) is 10.9. The minimum absolute atomic E-state index is 0.284. The number of aliphatic imine (C=N–C) groups is 1. The molecule has 0 aromatic carbocycles. The number of rotatable bonds is 7. The molecule has 1 atom stereocenters. The Labute approximate surface area is 151 Å². The second-order valence-electron chi connectivity index (χ2n) is 6.95. The molecule has 1 saturated heterocycles. The zero-order valence-corrected chi connectivity index (χ0v) is 16.2. The molecule has 2 rings (SSSR count). The summed E-state index contributed by atoms with van der Waals surface area (Å²) in [7, 11) is 1.82. The summed E-state index contributed by atoms with van der Waals surface area (Å²) in [6.07, 6.45) is 11.5. The van der Waals surface area contributed by atoms with Crippen LogP contribution in [0, 0.1) is 5.92 Å². The van der Waals surface area contributed by atoms with Gasteiger partial charge in [-0.15, -0.1) is 0 Å². The van der Waals surface area contributed by atoms with Crippen molar-refractivity contribution in [3.8, 4) is 0 Å². The van der Waals surface area contributed by atoms with Crippen LogP contribution in [-0.4, -0.2) is 61.5 Å². The number of hydrogen-bond acceptors (Lipinski definition) is 3. The second-order valence-corrected chi connectivity index (χ2v) is 7.93. The minimum Gasteiger partial charge on any atom is -0.356 e. The Morgan fingerprint density at radius 3 is 2.71 bits per heavy atom. The summed E-state index contributed by atoms with van der Waals surface area (Å²) in [5, 5.41) is 6.87. The first-order chi connectivity index (χ1) is 11.7. The van der Waals surface area contributed by atoms with Crippen LogP contribution in [0.2, 0.25) is 0 Å². The predicted octanol–water partition coefficient (Wildman–Crippen LogP) is 2.48. The molecule has 1 saturated carbocycles. The SMILES string of the molecule is CN=C(NCCCCSC)NC1CCN(C(=O)C2CCCCC2)C1. The van der Waals surface area contributed by atoms with Gasteiger partial charge in [0.05, 0.1) is 0 Å². The lowest BCUT2D eigenvalue weighted by Crippen LogP contribution is -2.45. The third kappa shape index (κ3) is 6.19. The van der Waals surface area contributed by atoms with Gasteiger partial charge in [0.25, 0.3) is 0 Å². The van der Waals surface area contributed by atoms with Gasteiger partial charge in [0.1, 0.15) is 0 Å². The first kappa shape index (κ1) is 19.4. The quantitative estimate of drug-likeness (QED) is 0.419. The molecule has 0 aromatic heterocycles. The monoisotopic (exact) mass is 354 g/mol. The van der Waals surface area contributed by atoms with Crippen LogP contribution in [-0.2, 0) is 4.79 Å². The van der Waals surface area contributed by atoms with Crippen LogP contribution in [0.5, 0.6) is 0 Å². The Morgan fingerprint density at radius 1 is 1.21 bits per heavy atom. The summed E-state index contributed by atoms with van der Waals surface area (Å²) in [5.74, 6) is 2.76. The van der Waals surface area contributed by atoms with Crippen LogP contribution < -0.4 is 10.6 Å². The first-order valence-corrected chi connectivity index (χ1v) is 10.9. The van der Waals surface area contributed by atoms with Crippen LogP contribution in [0.1, 0.15) is 51.4 Å². The van der Waals surface area contributed by atoms with Crippen molar-refractivity contribution in [2.75, 3.05) is 38.7 Å². The highest BCUT2D eigenvalue weighted by Gasteiger charge is 2.31. The van der Waals surface area contributed by atoms with Gasteiger partial charge in [-0.3, -0.25) is 9.79 Å². The molecule has 2 aliphatic rings. The molecule has 1 amide bonds. The number of nitrogens with zero attached hydrogens (tertiary/aromatic N) is 2. The number of hydrogen-bond donors (Lipinski definition) is 2. The number of unbranched alkanes of at least 4 members (excludes halogenated alkanes) is 1. The summed E-state index contributed by atoms with van der Waals surface area (Å²) >= 11 is 1.90. The number of carbonyl (C=O) groups excluding carboxylic acids is 1. The zero-order valence-electron chi connectivity index (χ0n) is 15.4. The number of likely N-dealkylation sites (tertiary alicyclic amines) is 1. The van der Waals surface area contributed by atoms with Crippen LogP contribution in [0.3, 0.4) is 0 Å².